The molecule has 0 amide bonds. The van der Waals surface area contributed by atoms with Gasteiger partial charge in [-0.05, 0) is 44.9 Å². The zero-order chi connectivity index (χ0) is 24.1. The molecule has 0 bridgehead atoms. The van der Waals surface area contributed by atoms with E-state index >= 15 is 0 Å². The van der Waals surface area contributed by atoms with Gasteiger partial charge in [-0.25, -0.2) is 0 Å². The monoisotopic (exact) mass is 458 g/mol. The van der Waals surface area contributed by atoms with E-state index in [1.165, 1.54) is 5.57 Å². The number of anilines is 2. The van der Waals surface area contributed by atoms with E-state index in [-0.39, 0.29) is 0 Å². The van der Waals surface area contributed by atoms with Gasteiger partial charge in [-0.1, -0.05) is 49.4 Å². The van der Waals surface area contributed by atoms with Crippen LogP contribution in [0.15, 0.2) is 60.2 Å². The molecule has 1 N–H and O–H groups in total. The van der Waals surface area contributed by atoms with Crippen LogP contribution in [0.5, 0.6) is 0 Å². The second-order valence-corrected chi connectivity index (χ2v) is 9.19. The molecule has 1 aliphatic rings. The van der Waals surface area contributed by atoms with E-state index in [2.05, 4.69) is 74.5 Å². The molecule has 1 aromatic carbocycles. The first kappa shape index (κ1) is 23.8. The highest BCUT2D eigenvalue weighted by Crippen LogP contribution is 2.28. The molecule has 1 fully saturated rings. The Morgan fingerprint density at radius 1 is 0.941 bits per heavy atom. The summed E-state index contributed by atoms with van der Waals surface area (Å²) in [6.45, 7) is 10.9. The van der Waals surface area contributed by atoms with Gasteiger partial charge in [0, 0.05) is 43.4 Å². The molecule has 2 aromatic heterocycles. The van der Waals surface area contributed by atoms with E-state index < -0.39 is 5.60 Å². The molecule has 7 heteroatoms. The van der Waals surface area contributed by atoms with Crippen LogP contribution >= 0.6 is 0 Å². The fourth-order valence-electron chi connectivity index (χ4n) is 4.35. The van der Waals surface area contributed by atoms with Crippen LogP contribution in [-0.2, 0) is 12.0 Å². The quantitative estimate of drug-likeness (QED) is 0.525. The van der Waals surface area contributed by atoms with Gasteiger partial charge in [-0.15, -0.1) is 10.2 Å². The Hall–Kier alpha value is -3.32. The third kappa shape index (κ3) is 5.25. The van der Waals surface area contributed by atoms with Crippen molar-refractivity contribution in [1.29, 1.82) is 0 Å². The van der Waals surface area contributed by atoms with Crippen molar-refractivity contribution in [3.05, 3.63) is 71.6 Å². The summed E-state index contributed by atoms with van der Waals surface area (Å²) in [4.78, 5) is 4.53. The molecule has 7 nitrogen and oxygen atoms in total. The van der Waals surface area contributed by atoms with E-state index in [1.807, 2.05) is 19.1 Å². The zero-order valence-corrected chi connectivity index (χ0v) is 20.6. The van der Waals surface area contributed by atoms with Gasteiger partial charge in [-0.3, -0.25) is 0 Å². The average Bonchev–Trinajstić information content (AvgIpc) is 2.84. The minimum Gasteiger partial charge on any atom is -0.384 e. The summed E-state index contributed by atoms with van der Waals surface area (Å²) in [6.07, 6.45) is 8.26. The maximum absolute atomic E-state index is 10.1. The number of hydrogen-bond acceptors (Lipinski definition) is 7. The molecular weight excluding hydrogens is 424 g/mol. The fourth-order valence-corrected chi connectivity index (χ4v) is 4.35. The van der Waals surface area contributed by atoms with Crippen molar-refractivity contribution in [2.24, 2.45) is 0 Å². The number of piperazine rings is 1. The Morgan fingerprint density at radius 2 is 1.65 bits per heavy atom. The van der Waals surface area contributed by atoms with Crippen molar-refractivity contribution < 1.29 is 5.11 Å². The van der Waals surface area contributed by atoms with Gasteiger partial charge >= 0.3 is 0 Å². The number of nitrogens with zero attached hydrogens (tertiary/aromatic N) is 6. The second-order valence-electron chi connectivity index (χ2n) is 9.19. The van der Waals surface area contributed by atoms with Crippen LogP contribution < -0.4 is 9.80 Å². The van der Waals surface area contributed by atoms with Crippen LogP contribution in [0.1, 0.15) is 45.5 Å². The van der Waals surface area contributed by atoms with Gasteiger partial charge in [0.15, 0.2) is 11.6 Å². The Balaban J connectivity index is 1.52. The summed E-state index contributed by atoms with van der Waals surface area (Å²) in [5.74, 6) is 1.77. The topological polar surface area (TPSA) is 78.3 Å². The SMILES string of the molecule is C/C=C\C(=C/CC)Cc1nnc(N2CCN(c3ccc(C(C)(C)O)nn3)CC2)c2ccccc12. The molecular formula is C27H34N6O. The van der Waals surface area contributed by atoms with Crippen molar-refractivity contribution in [1.82, 2.24) is 20.4 Å². The number of allylic oxidation sites excluding steroid dienone is 4. The first-order valence-corrected chi connectivity index (χ1v) is 12.0. The molecule has 178 valence electrons. The summed E-state index contributed by atoms with van der Waals surface area (Å²) >= 11 is 0. The Labute approximate surface area is 201 Å². The van der Waals surface area contributed by atoms with Crippen molar-refractivity contribution in [2.75, 3.05) is 36.0 Å². The van der Waals surface area contributed by atoms with E-state index in [4.69, 9.17) is 5.10 Å². The average molecular weight is 459 g/mol. The molecule has 0 unspecified atom stereocenters. The molecule has 0 aliphatic carbocycles. The number of hydrogen-bond donors (Lipinski definition) is 1. The van der Waals surface area contributed by atoms with Gasteiger partial charge in [0.25, 0.3) is 0 Å². The third-order valence-electron chi connectivity index (χ3n) is 6.14. The molecule has 3 aromatic rings. The zero-order valence-electron chi connectivity index (χ0n) is 20.6. The molecule has 3 heterocycles. The van der Waals surface area contributed by atoms with Crippen LogP contribution in [0.25, 0.3) is 10.8 Å². The van der Waals surface area contributed by atoms with Crippen molar-refractivity contribution in [3.8, 4) is 0 Å². The first-order valence-electron chi connectivity index (χ1n) is 12.0. The van der Waals surface area contributed by atoms with Crippen LogP contribution in [-0.4, -0.2) is 51.7 Å². The number of benzene rings is 1. The lowest BCUT2D eigenvalue weighted by Gasteiger charge is -2.36. The third-order valence-corrected chi connectivity index (χ3v) is 6.14. The first-order chi connectivity index (χ1) is 16.4. The lowest BCUT2D eigenvalue weighted by atomic mass is 10.0. The van der Waals surface area contributed by atoms with Crippen molar-refractivity contribution in [2.45, 2.75) is 46.1 Å². The summed E-state index contributed by atoms with van der Waals surface area (Å²) in [5.41, 5.74) is 1.86. The van der Waals surface area contributed by atoms with Crippen LogP contribution in [0, 0.1) is 0 Å². The van der Waals surface area contributed by atoms with Gasteiger partial charge in [0.1, 0.15) is 5.60 Å². The number of fused-ring (bicyclic) bond motifs is 1. The van der Waals surface area contributed by atoms with Gasteiger partial charge in [-0.2, -0.15) is 10.2 Å². The van der Waals surface area contributed by atoms with Crippen LogP contribution in [0.4, 0.5) is 11.6 Å². The Kier molecular flexibility index (Phi) is 7.22. The predicted octanol–water partition coefficient (Wildman–Crippen LogP) is 4.43. The maximum Gasteiger partial charge on any atom is 0.159 e. The van der Waals surface area contributed by atoms with E-state index in [1.54, 1.807) is 13.8 Å². The highest BCUT2D eigenvalue weighted by molar-refractivity contribution is 5.93. The lowest BCUT2D eigenvalue weighted by molar-refractivity contribution is 0.0728. The fraction of sp³-hybridized carbons (Fsp3) is 0.407. The number of aliphatic hydroxyl groups is 1. The molecule has 0 radical (unpaired) electrons. The van der Waals surface area contributed by atoms with E-state index in [0.29, 0.717) is 5.69 Å². The molecule has 34 heavy (non-hydrogen) atoms. The minimum absolute atomic E-state index is 0.572. The van der Waals surface area contributed by atoms with Gasteiger partial charge < -0.3 is 14.9 Å². The van der Waals surface area contributed by atoms with Gasteiger partial charge in [0.05, 0.1) is 11.4 Å². The van der Waals surface area contributed by atoms with Crippen molar-refractivity contribution in [3.63, 3.8) is 0 Å². The molecule has 1 aliphatic heterocycles. The van der Waals surface area contributed by atoms with Gasteiger partial charge in [0.2, 0.25) is 0 Å². The van der Waals surface area contributed by atoms with Crippen molar-refractivity contribution >= 4 is 22.4 Å². The van der Waals surface area contributed by atoms with E-state index in [0.717, 1.165) is 67.1 Å². The molecule has 0 atom stereocenters. The predicted molar refractivity (Wildman–Crippen MR) is 138 cm³/mol. The number of rotatable bonds is 7. The maximum atomic E-state index is 10.1. The van der Waals surface area contributed by atoms with Crippen LogP contribution in [0.2, 0.25) is 0 Å². The van der Waals surface area contributed by atoms with E-state index in [9.17, 15) is 5.11 Å². The number of aromatic nitrogens is 4. The highest BCUT2D eigenvalue weighted by atomic mass is 16.3. The lowest BCUT2D eigenvalue weighted by Crippen LogP contribution is -2.47. The largest absolute Gasteiger partial charge is 0.384 e. The minimum atomic E-state index is -0.990. The molecule has 0 spiro atoms. The summed E-state index contributed by atoms with van der Waals surface area (Å²) in [5, 5.41) is 30.3. The highest BCUT2D eigenvalue weighted by Gasteiger charge is 2.23. The standard InChI is InChI=1S/C27H34N6O/c1-5-9-20(10-6-2)19-23-21-11-7-8-12-22(21)26(31-28-23)33-17-15-32(16-18-33)25-14-13-24(29-30-25)27(3,4)34/h5,7-14,34H,6,15-19H2,1-4H3/b9-5-,20-10+. The van der Waals surface area contributed by atoms with Crippen LogP contribution in [0.3, 0.4) is 0 Å². The summed E-state index contributed by atoms with van der Waals surface area (Å²) in [7, 11) is 0. The normalized spacial score (nSPS) is 15.5. The summed E-state index contributed by atoms with van der Waals surface area (Å²) < 4.78 is 0. The molecule has 4 rings (SSSR count). The Bertz CT molecular complexity index is 1170. The smallest absolute Gasteiger partial charge is 0.159 e. The molecule has 1 saturated heterocycles. The summed E-state index contributed by atoms with van der Waals surface area (Å²) in [6, 6.07) is 12.2. The second kappa shape index (κ2) is 10.3. The Morgan fingerprint density at radius 3 is 2.26 bits per heavy atom. The molecule has 0 saturated carbocycles.